The molecular weight excluding hydrogens is 236 g/mol. The Labute approximate surface area is 118 Å². The van der Waals surface area contributed by atoms with Gasteiger partial charge in [-0.15, -0.1) is 0 Å². The maximum Gasteiger partial charge on any atom is 0.223 e. The van der Waals surface area contributed by atoms with Gasteiger partial charge in [-0.2, -0.15) is 0 Å². The first kappa shape index (κ1) is 14.8. The lowest BCUT2D eigenvalue weighted by molar-refractivity contribution is -0.133. The molecule has 0 atom stereocenters. The molecule has 0 bridgehead atoms. The molecule has 2 aliphatic heterocycles. The Morgan fingerprint density at radius 3 is 2.37 bits per heavy atom. The van der Waals surface area contributed by atoms with E-state index in [2.05, 4.69) is 30.6 Å². The van der Waals surface area contributed by atoms with Crippen LogP contribution >= 0.6 is 0 Å². The number of hydrogen-bond acceptors (Lipinski definition) is 2. The van der Waals surface area contributed by atoms with Gasteiger partial charge >= 0.3 is 0 Å². The summed E-state index contributed by atoms with van der Waals surface area (Å²) >= 11 is 0. The normalized spacial score (nSPS) is 22.8. The third kappa shape index (κ3) is 3.95. The predicted octanol–water partition coefficient (Wildman–Crippen LogP) is 2.61. The maximum absolute atomic E-state index is 12.2. The molecule has 2 heterocycles. The van der Waals surface area contributed by atoms with Crippen molar-refractivity contribution in [3.05, 3.63) is 0 Å². The minimum atomic E-state index is 0.377. The average molecular weight is 266 g/mol. The van der Waals surface area contributed by atoms with Crippen molar-refractivity contribution in [1.82, 2.24) is 9.80 Å². The summed E-state index contributed by atoms with van der Waals surface area (Å²) in [6.45, 7) is 12.2. The molecule has 2 aliphatic rings. The van der Waals surface area contributed by atoms with Crippen LogP contribution < -0.4 is 0 Å². The van der Waals surface area contributed by atoms with Gasteiger partial charge in [0.1, 0.15) is 0 Å². The Morgan fingerprint density at radius 2 is 1.84 bits per heavy atom. The number of carbonyl (C=O) groups excluding carboxylic acids is 1. The highest BCUT2D eigenvalue weighted by molar-refractivity contribution is 5.76. The summed E-state index contributed by atoms with van der Waals surface area (Å²) in [5.74, 6) is 2.85. The van der Waals surface area contributed by atoms with Crippen LogP contribution in [0.25, 0.3) is 0 Å². The molecule has 0 saturated carbocycles. The van der Waals surface area contributed by atoms with Crippen LogP contribution in [0.2, 0.25) is 0 Å². The Kier molecular flexibility index (Phi) is 5.26. The van der Waals surface area contributed by atoms with Crippen LogP contribution in [0.1, 0.15) is 46.5 Å². The molecule has 0 aromatic heterocycles. The van der Waals surface area contributed by atoms with Gasteiger partial charge in [-0.25, -0.2) is 0 Å². The van der Waals surface area contributed by atoms with E-state index in [-0.39, 0.29) is 0 Å². The minimum Gasteiger partial charge on any atom is -0.343 e. The van der Waals surface area contributed by atoms with Crippen LogP contribution in [0.4, 0.5) is 0 Å². The van der Waals surface area contributed by atoms with Crippen LogP contribution in [0, 0.1) is 17.8 Å². The first-order chi connectivity index (χ1) is 9.10. The standard InChI is InChI=1S/C16H30N2O/c1-4-14-11-17(12-14)8-7-16(19)18-9-5-15(6-10-18)13(2)3/h13-15H,4-12H2,1-3H3. The monoisotopic (exact) mass is 266 g/mol. The number of rotatable bonds is 5. The summed E-state index contributed by atoms with van der Waals surface area (Å²) in [7, 11) is 0. The van der Waals surface area contributed by atoms with Crippen molar-refractivity contribution >= 4 is 5.91 Å². The fourth-order valence-corrected chi connectivity index (χ4v) is 3.34. The fourth-order valence-electron chi connectivity index (χ4n) is 3.34. The molecule has 110 valence electrons. The Hall–Kier alpha value is -0.570. The third-order valence-corrected chi connectivity index (χ3v) is 5.09. The number of carbonyl (C=O) groups is 1. The molecule has 2 saturated heterocycles. The summed E-state index contributed by atoms with van der Waals surface area (Å²) in [5.41, 5.74) is 0. The van der Waals surface area contributed by atoms with Gasteiger partial charge in [0.05, 0.1) is 0 Å². The highest BCUT2D eigenvalue weighted by Gasteiger charge is 2.27. The Morgan fingerprint density at radius 1 is 1.21 bits per heavy atom. The van der Waals surface area contributed by atoms with E-state index in [0.717, 1.165) is 43.8 Å². The highest BCUT2D eigenvalue weighted by Crippen LogP contribution is 2.25. The van der Waals surface area contributed by atoms with Crippen molar-refractivity contribution in [2.45, 2.75) is 46.5 Å². The molecule has 3 nitrogen and oxygen atoms in total. The Balaban J connectivity index is 1.62. The zero-order chi connectivity index (χ0) is 13.8. The van der Waals surface area contributed by atoms with E-state index in [1.54, 1.807) is 0 Å². The van der Waals surface area contributed by atoms with Crippen LogP contribution in [0.5, 0.6) is 0 Å². The largest absolute Gasteiger partial charge is 0.343 e. The predicted molar refractivity (Wildman–Crippen MR) is 79.0 cm³/mol. The summed E-state index contributed by atoms with van der Waals surface area (Å²) < 4.78 is 0. The molecule has 0 aromatic rings. The molecule has 19 heavy (non-hydrogen) atoms. The zero-order valence-corrected chi connectivity index (χ0v) is 12.9. The third-order valence-electron chi connectivity index (χ3n) is 5.09. The molecule has 0 aliphatic carbocycles. The quantitative estimate of drug-likeness (QED) is 0.763. The zero-order valence-electron chi connectivity index (χ0n) is 12.9. The van der Waals surface area contributed by atoms with E-state index in [4.69, 9.17) is 0 Å². The van der Waals surface area contributed by atoms with Crippen LogP contribution in [0.15, 0.2) is 0 Å². The van der Waals surface area contributed by atoms with Gasteiger partial charge in [0.15, 0.2) is 0 Å². The smallest absolute Gasteiger partial charge is 0.223 e. The van der Waals surface area contributed by atoms with Gasteiger partial charge in [0.2, 0.25) is 5.91 Å². The van der Waals surface area contributed by atoms with E-state index in [9.17, 15) is 4.79 Å². The van der Waals surface area contributed by atoms with Crippen molar-refractivity contribution in [3.63, 3.8) is 0 Å². The molecular formula is C16H30N2O. The van der Waals surface area contributed by atoms with Crippen molar-refractivity contribution in [2.24, 2.45) is 17.8 Å². The van der Waals surface area contributed by atoms with Gasteiger partial charge < -0.3 is 9.80 Å². The van der Waals surface area contributed by atoms with Gasteiger partial charge in [0.25, 0.3) is 0 Å². The summed E-state index contributed by atoms with van der Waals surface area (Å²) in [6, 6.07) is 0. The summed E-state index contributed by atoms with van der Waals surface area (Å²) in [6.07, 6.45) is 4.41. The van der Waals surface area contributed by atoms with Crippen molar-refractivity contribution < 1.29 is 4.79 Å². The summed E-state index contributed by atoms with van der Waals surface area (Å²) in [4.78, 5) is 16.7. The molecule has 0 unspecified atom stereocenters. The average Bonchev–Trinajstić information content (AvgIpc) is 2.37. The molecule has 2 rings (SSSR count). The van der Waals surface area contributed by atoms with Crippen LogP contribution in [0.3, 0.4) is 0 Å². The summed E-state index contributed by atoms with van der Waals surface area (Å²) in [5, 5.41) is 0. The van der Waals surface area contributed by atoms with Gasteiger partial charge in [-0.05, 0) is 30.6 Å². The molecule has 1 amide bonds. The lowest BCUT2D eigenvalue weighted by Gasteiger charge is -2.39. The molecule has 0 N–H and O–H groups in total. The highest BCUT2D eigenvalue weighted by atomic mass is 16.2. The lowest BCUT2D eigenvalue weighted by atomic mass is 9.86. The number of amides is 1. The SMILES string of the molecule is CCC1CN(CCC(=O)N2CCC(C(C)C)CC2)C1. The van der Waals surface area contributed by atoms with Crippen molar-refractivity contribution in [1.29, 1.82) is 0 Å². The first-order valence-corrected chi connectivity index (χ1v) is 8.10. The van der Waals surface area contributed by atoms with E-state index in [1.807, 2.05) is 0 Å². The second-order valence-electron chi connectivity index (χ2n) is 6.75. The topological polar surface area (TPSA) is 23.6 Å². The van der Waals surface area contributed by atoms with Crippen molar-refractivity contribution in [2.75, 3.05) is 32.7 Å². The van der Waals surface area contributed by atoms with E-state index in [0.29, 0.717) is 5.91 Å². The molecule has 3 heteroatoms. The molecule has 0 spiro atoms. The second kappa shape index (κ2) is 6.74. The molecule has 0 aromatic carbocycles. The Bertz CT molecular complexity index is 289. The van der Waals surface area contributed by atoms with E-state index >= 15 is 0 Å². The second-order valence-corrected chi connectivity index (χ2v) is 6.75. The number of likely N-dealkylation sites (tertiary alicyclic amines) is 2. The minimum absolute atomic E-state index is 0.377. The number of nitrogens with zero attached hydrogens (tertiary/aromatic N) is 2. The van der Waals surface area contributed by atoms with Crippen molar-refractivity contribution in [3.8, 4) is 0 Å². The van der Waals surface area contributed by atoms with Gasteiger partial charge in [-0.1, -0.05) is 27.2 Å². The first-order valence-electron chi connectivity index (χ1n) is 8.10. The molecule has 0 radical (unpaired) electrons. The van der Waals surface area contributed by atoms with Crippen LogP contribution in [-0.4, -0.2) is 48.4 Å². The lowest BCUT2D eigenvalue weighted by Crippen LogP contribution is -2.48. The maximum atomic E-state index is 12.2. The number of piperidine rings is 1. The fraction of sp³-hybridized carbons (Fsp3) is 0.938. The van der Waals surface area contributed by atoms with Crippen LogP contribution in [-0.2, 0) is 4.79 Å². The van der Waals surface area contributed by atoms with Gasteiger partial charge in [0, 0.05) is 39.1 Å². The van der Waals surface area contributed by atoms with Gasteiger partial charge in [-0.3, -0.25) is 4.79 Å². The number of hydrogen-bond donors (Lipinski definition) is 0. The van der Waals surface area contributed by atoms with E-state index in [1.165, 1.54) is 32.4 Å². The molecule has 2 fully saturated rings. The van der Waals surface area contributed by atoms with E-state index < -0.39 is 0 Å².